The largest absolute Gasteiger partial charge is 0.367 e. The third kappa shape index (κ3) is 8.07. The molecule has 0 fully saturated rings. The monoisotopic (exact) mass is 476 g/mol. The van der Waals surface area contributed by atoms with Crippen LogP contribution in [0.4, 0.5) is 0 Å². The Morgan fingerprint density at radius 2 is 1.88 bits per heavy atom. The van der Waals surface area contributed by atoms with Crippen molar-refractivity contribution in [2.75, 3.05) is 0 Å². The summed E-state index contributed by atoms with van der Waals surface area (Å²) in [6.07, 6.45) is 1.42. The van der Waals surface area contributed by atoms with Crippen LogP contribution < -0.4 is 5.73 Å². The van der Waals surface area contributed by atoms with E-state index >= 15 is 0 Å². The number of rotatable bonds is 3. The summed E-state index contributed by atoms with van der Waals surface area (Å²) in [5.74, 6) is -0.521. The molecular weight excluding hydrogens is 459 g/mol. The van der Waals surface area contributed by atoms with Crippen LogP contribution in [-0.2, 0) is 10.1 Å². The van der Waals surface area contributed by atoms with Gasteiger partial charge < -0.3 is 5.73 Å². The van der Waals surface area contributed by atoms with Gasteiger partial charge in [-0.1, -0.05) is 29.8 Å². The fraction of sp³-hybridized carbons (Fsp3) is 0.0667. The van der Waals surface area contributed by atoms with Crippen molar-refractivity contribution in [1.82, 2.24) is 5.17 Å². The summed E-state index contributed by atoms with van der Waals surface area (Å²) in [7, 11) is -4.02. The molecule has 0 amide bonds. The number of halogens is 1. The molecule has 0 radical (unpaired) electrons. The van der Waals surface area contributed by atoms with E-state index in [0.717, 1.165) is 14.7 Å². The highest BCUT2D eigenvalue weighted by atomic mass is 127. The van der Waals surface area contributed by atoms with Gasteiger partial charge in [-0.25, -0.2) is 0 Å². The SMILES string of the molecule is Cc1ccc(S(=O)(=O)O)cc1.N=C(N)N(O)N=Cc1cccc(I)c1. The van der Waals surface area contributed by atoms with E-state index in [2.05, 4.69) is 27.7 Å². The number of guanidine groups is 1. The highest BCUT2D eigenvalue weighted by molar-refractivity contribution is 14.1. The average molecular weight is 476 g/mol. The number of nitrogens with two attached hydrogens (primary N) is 1. The number of hydrogen-bond acceptors (Lipinski definition) is 5. The fourth-order valence-corrected chi connectivity index (χ4v) is 2.53. The molecule has 2 rings (SSSR count). The molecule has 0 aliphatic rings. The van der Waals surface area contributed by atoms with Crippen molar-refractivity contribution in [3.05, 3.63) is 63.2 Å². The minimum absolute atomic E-state index is 0.0666. The zero-order chi connectivity index (χ0) is 19.0. The van der Waals surface area contributed by atoms with Crippen LogP contribution in [0.3, 0.4) is 0 Å². The molecule has 0 aromatic heterocycles. The van der Waals surface area contributed by atoms with Crippen molar-refractivity contribution in [3.8, 4) is 0 Å². The van der Waals surface area contributed by atoms with Crippen molar-refractivity contribution in [2.24, 2.45) is 10.8 Å². The number of nitrogens with zero attached hydrogens (tertiary/aromatic N) is 2. The van der Waals surface area contributed by atoms with Crippen LogP contribution in [0.15, 0.2) is 58.5 Å². The first-order valence-electron chi connectivity index (χ1n) is 6.76. The summed E-state index contributed by atoms with van der Waals surface area (Å²) < 4.78 is 30.6. The molecule has 0 spiro atoms. The maximum atomic E-state index is 10.5. The number of hydroxylamine groups is 1. The van der Waals surface area contributed by atoms with Gasteiger partial charge in [-0.05, 0) is 59.3 Å². The Kier molecular flexibility index (Phi) is 7.96. The Balaban J connectivity index is 0.000000257. The van der Waals surface area contributed by atoms with Gasteiger partial charge in [0.25, 0.3) is 10.1 Å². The van der Waals surface area contributed by atoms with E-state index in [9.17, 15) is 8.42 Å². The lowest BCUT2D eigenvalue weighted by molar-refractivity contribution is -0.0139. The first-order valence-corrected chi connectivity index (χ1v) is 9.28. The number of nitrogens with one attached hydrogen (secondary N) is 1. The maximum absolute atomic E-state index is 10.5. The standard InChI is InChI=1S/C8H9IN4O.C7H8O3S/c9-7-3-1-2-6(4-7)5-12-13(14)8(10)11;1-6-2-4-7(5-3-6)11(8,9)10/h1-5,14H,(H3,10,11);2-5H,1H3,(H,8,9,10). The highest BCUT2D eigenvalue weighted by Crippen LogP contribution is 2.08. The van der Waals surface area contributed by atoms with Crippen LogP contribution in [0.1, 0.15) is 11.1 Å². The summed E-state index contributed by atoms with van der Waals surface area (Å²) >= 11 is 2.17. The van der Waals surface area contributed by atoms with Crippen LogP contribution in [0, 0.1) is 15.9 Å². The average Bonchev–Trinajstić information content (AvgIpc) is 2.52. The molecule has 0 bridgehead atoms. The zero-order valence-electron chi connectivity index (χ0n) is 13.2. The first kappa shape index (κ1) is 21.0. The van der Waals surface area contributed by atoms with E-state index in [4.69, 9.17) is 20.9 Å². The molecule has 25 heavy (non-hydrogen) atoms. The van der Waals surface area contributed by atoms with Gasteiger partial charge in [0.2, 0.25) is 5.96 Å². The van der Waals surface area contributed by atoms with E-state index in [1.54, 1.807) is 12.1 Å². The van der Waals surface area contributed by atoms with E-state index < -0.39 is 16.1 Å². The second kappa shape index (κ2) is 9.46. The van der Waals surface area contributed by atoms with Gasteiger partial charge >= 0.3 is 0 Å². The Morgan fingerprint density at radius 3 is 2.36 bits per heavy atom. The lowest BCUT2D eigenvalue weighted by Gasteiger charge is -2.05. The summed E-state index contributed by atoms with van der Waals surface area (Å²) in [4.78, 5) is -0.0666. The van der Waals surface area contributed by atoms with Gasteiger partial charge in [0, 0.05) is 3.57 Å². The highest BCUT2D eigenvalue weighted by Gasteiger charge is 2.06. The van der Waals surface area contributed by atoms with Gasteiger partial charge in [-0.15, -0.1) is 5.17 Å². The molecule has 5 N–H and O–H groups in total. The first-order chi connectivity index (χ1) is 11.6. The second-order valence-corrected chi connectivity index (χ2v) is 7.43. The molecule has 134 valence electrons. The number of hydrogen-bond donors (Lipinski definition) is 4. The third-order valence-electron chi connectivity index (χ3n) is 2.70. The van der Waals surface area contributed by atoms with Gasteiger partial charge in [0.1, 0.15) is 0 Å². The molecule has 10 heteroatoms. The second-order valence-electron chi connectivity index (χ2n) is 4.76. The van der Waals surface area contributed by atoms with Gasteiger partial charge in [-0.3, -0.25) is 15.2 Å². The lowest BCUT2D eigenvalue weighted by Crippen LogP contribution is -2.28. The van der Waals surface area contributed by atoms with Crippen molar-refractivity contribution in [3.63, 3.8) is 0 Å². The normalized spacial score (nSPS) is 10.9. The predicted octanol–water partition coefficient (Wildman–Crippen LogP) is 2.45. The topological polar surface area (TPSA) is 140 Å². The quantitative estimate of drug-likeness (QED) is 0.176. The molecule has 0 aliphatic heterocycles. The fourth-order valence-electron chi connectivity index (χ4n) is 1.48. The summed E-state index contributed by atoms with van der Waals surface area (Å²) in [6.45, 7) is 1.84. The van der Waals surface area contributed by atoms with Gasteiger partial charge in [0.05, 0.1) is 11.1 Å². The molecule has 0 unspecified atom stereocenters. The summed E-state index contributed by atoms with van der Waals surface area (Å²) in [6, 6.07) is 13.5. The van der Waals surface area contributed by atoms with Crippen LogP contribution in [0.25, 0.3) is 0 Å². The minimum atomic E-state index is -4.02. The molecular formula is C15H17IN4O4S. The third-order valence-corrected chi connectivity index (χ3v) is 4.24. The van der Waals surface area contributed by atoms with Gasteiger partial charge in [-0.2, -0.15) is 13.5 Å². The molecule has 2 aromatic rings. The number of aryl methyl sites for hydroxylation is 1. The Hall–Kier alpha value is -2.02. The maximum Gasteiger partial charge on any atom is 0.294 e. The molecule has 0 saturated carbocycles. The van der Waals surface area contributed by atoms with E-state index in [-0.39, 0.29) is 4.90 Å². The van der Waals surface area contributed by atoms with E-state index in [0.29, 0.717) is 5.17 Å². The number of benzene rings is 2. The van der Waals surface area contributed by atoms with Crippen LogP contribution in [0.2, 0.25) is 0 Å². The van der Waals surface area contributed by atoms with Crippen molar-refractivity contribution in [1.29, 1.82) is 5.41 Å². The van der Waals surface area contributed by atoms with E-state index in [1.807, 2.05) is 31.2 Å². The van der Waals surface area contributed by atoms with Crippen LogP contribution in [-0.4, -0.2) is 35.5 Å². The van der Waals surface area contributed by atoms with Crippen LogP contribution >= 0.6 is 22.6 Å². The Bertz CT molecular complexity index is 854. The molecule has 0 atom stereocenters. The summed E-state index contributed by atoms with van der Waals surface area (Å²) in [5.41, 5.74) is 6.76. The van der Waals surface area contributed by atoms with E-state index in [1.165, 1.54) is 18.3 Å². The number of hydrazone groups is 1. The zero-order valence-corrected chi connectivity index (χ0v) is 16.1. The Labute approximate surface area is 159 Å². The molecule has 0 saturated heterocycles. The van der Waals surface area contributed by atoms with Crippen molar-refractivity contribution in [2.45, 2.75) is 11.8 Å². The smallest absolute Gasteiger partial charge is 0.294 e. The minimum Gasteiger partial charge on any atom is -0.367 e. The predicted molar refractivity (Wildman–Crippen MR) is 103 cm³/mol. The molecule has 8 nitrogen and oxygen atoms in total. The molecule has 0 aliphatic carbocycles. The molecule has 2 aromatic carbocycles. The van der Waals surface area contributed by atoms with Crippen molar-refractivity contribution < 1.29 is 18.2 Å². The Morgan fingerprint density at radius 1 is 1.28 bits per heavy atom. The molecule has 0 heterocycles. The van der Waals surface area contributed by atoms with Gasteiger partial charge in [0.15, 0.2) is 0 Å². The van der Waals surface area contributed by atoms with Crippen LogP contribution in [0.5, 0.6) is 0 Å². The van der Waals surface area contributed by atoms with Crippen molar-refractivity contribution >= 4 is 44.9 Å². The summed E-state index contributed by atoms with van der Waals surface area (Å²) in [5, 5.41) is 19.6. The lowest BCUT2D eigenvalue weighted by atomic mass is 10.2.